The van der Waals surface area contributed by atoms with E-state index in [0.29, 0.717) is 10.9 Å². The SMILES string of the molecule is O=C1c2ccccc2C(=O)N1c1cc([N+](=O)[O-])ccc1-c1nc2ccccc2c(=O)[nH]1. The third-order valence-electron chi connectivity index (χ3n) is 5.10. The number of nitro benzene ring substituents is 1. The molecule has 9 heteroatoms. The zero-order valence-corrected chi connectivity index (χ0v) is 15.7. The summed E-state index contributed by atoms with van der Waals surface area (Å²) >= 11 is 0. The van der Waals surface area contributed by atoms with Crippen LogP contribution in [0.4, 0.5) is 11.4 Å². The molecule has 0 unspecified atom stereocenters. The number of anilines is 1. The second kappa shape index (κ2) is 6.70. The number of rotatable bonds is 3. The first kappa shape index (κ1) is 18.4. The Morgan fingerprint density at radius 1 is 0.839 bits per heavy atom. The molecule has 0 atom stereocenters. The number of carbonyl (C=O) groups excluding carboxylic acids is 2. The molecule has 1 aromatic heterocycles. The molecular weight excluding hydrogens is 400 g/mol. The van der Waals surface area contributed by atoms with Crippen molar-refractivity contribution >= 4 is 34.1 Å². The first-order valence-corrected chi connectivity index (χ1v) is 9.21. The van der Waals surface area contributed by atoms with Gasteiger partial charge in [0.1, 0.15) is 5.82 Å². The van der Waals surface area contributed by atoms with Gasteiger partial charge in [-0.05, 0) is 30.3 Å². The van der Waals surface area contributed by atoms with Crippen LogP contribution in [0.2, 0.25) is 0 Å². The Balaban J connectivity index is 1.76. The summed E-state index contributed by atoms with van der Waals surface area (Å²) in [4.78, 5) is 57.2. The molecular formula is C22H12N4O5. The molecule has 0 spiro atoms. The molecule has 2 heterocycles. The molecule has 5 rings (SSSR count). The van der Waals surface area contributed by atoms with Gasteiger partial charge in [-0.1, -0.05) is 24.3 Å². The van der Waals surface area contributed by atoms with Gasteiger partial charge in [0.25, 0.3) is 23.1 Å². The highest BCUT2D eigenvalue weighted by Gasteiger charge is 2.38. The van der Waals surface area contributed by atoms with Crippen molar-refractivity contribution in [3.05, 3.63) is 98.3 Å². The number of nitro groups is 1. The van der Waals surface area contributed by atoms with Gasteiger partial charge in [-0.3, -0.25) is 24.5 Å². The van der Waals surface area contributed by atoms with Crippen molar-refractivity contribution in [3.63, 3.8) is 0 Å². The fourth-order valence-electron chi connectivity index (χ4n) is 3.64. The Kier molecular flexibility index (Phi) is 3.97. The lowest BCUT2D eigenvalue weighted by Gasteiger charge is -2.18. The Hall–Kier alpha value is -4.66. The second-order valence-electron chi connectivity index (χ2n) is 6.88. The molecule has 0 saturated carbocycles. The minimum absolute atomic E-state index is 0.0289. The zero-order valence-electron chi connectivity index (χ0n) is 15.7. The molecule has 1 N–H and O–H groups in total. The summed E-state index contributed by atoms with van der Waals surface area (Å²) in [7, 11) is 0. The third kappa shape index (κ3) is 2.79. The van der Waals surface area contributed by atoms with Crippen molar-refractivity contribution in [3.8, 4) is 11.4 Å². The monoisotopic (exact) mass is 412 g/mol. The standard InChI is InChI=1S/C22H12N4O5/c27-20-15-7-3-4-8-17(15)23-19(24-20)16-10-9-12(26(30)31)11-18(16)25-21(28)13-5-1-2-6-14(13)22(25)29/h1-11H,(H,23,24,27). The summed E-state index contributed by atoms with van der Waals surface area (Å²) in [6.07, 6.45) is 0. The van der Waals surface area contributed by atoms with Gasteiger partial charge >= 0.3 is 0 Å². The van der Waals surface area contributed by atoms with E-state index in [1.165, 1.54) is 24.3 Å². The average Bonchev–Trinajstić information content (AvgIpc) is 3.03. The number of hydrogen-bond acceptors (Lipinski definition) is 6. The van der Waals surface area contributed by atoms with Gasteiger partial charge in [0.15, 0.2) is 0 Å². The van der Waals surface area contributed by atoms with E-state index < -0.39 is 22.3 Å². The molecule has 9 nitrogen and oxygen atoms in total. The first-order chi connectivity index (χ1) is 15.0. The number of nitrogens with zero attached hydrogens (tertiary/aromatic N) is 3. The number of imide groups is 1. The van der Waals surface area contributed by atoms with E-state index in [9.17, 15) is 24.5 Å². The molecule has 0 fully saturated rings. The molecule has 150 valence electrons. The summed E-state index contributed by atoms with van der Waals surface area (Å²) in [6, 6.07) is 16.7. The van der Waals surface area contributed by atoms with Crippen LogP contribution in [-0.4, -0.2) is 26.7 Å². The predicted octanol–water partition coefficient (Wildman–Crippen LogP) is 3.30. The van der Waals surface area contributed by atoms with Crippen LogP contribution in [0, 0.1) is 10.1 Å². The summed E-state index contributed by atoms with van der Waals surface area (Å²) in [6.45, 7) is 0. The molecule has 31 heavy (non-hydrogen) atoms. The summed E-state index contributed by atoms with van der Waals surface area (Å²) < 4.78 is 0. The Bertz CT molecular complexity index is 1460. The van der Waals surface area contributed by atoms with Gasteiger partial charge in [0.2, 0.25) is 0 Å². The fraction of sp³-hybridized carbons (Fsp3) is 0. The van der Waals surface area contributed by atoms with E-state index in [1.54, 1.807) is 36.4 Å². The molecule has 0 radical (unpaired) electrons. The number of carbonyl (C=O) groups is 2. The second-order valence-corrected chi connectivity index (χ2v) is 6.88. The van der Waals surface area contributed by atoms with Crippen molar-refractivity contribution in [1.29, 1.82) is 0 Å². The van der Waals surface area contributed by atoms with Crippen LogP contribution in [0.25, 0.3) is 22.3 Å². The highest BCUT2D eigenvalue weighted by molar-refractivity contribution is 6.35. The van der Waals surface area contributed by atoms with Crippen molar-refractivity contribution in [2.45, 2.75) is 0 Å². The Morgan fingerprint density at radius 3 is 2.16 bits per heavy atom. The molecule has 3 aromatic carbocycles. The highest BCUT2D eigenvalue weighted by atomic mass is 16.6. The van der Waals surface area contributed by atoms with Crippen LogP contribution in [0.5, 0.6) is 0 Å². The molecule has 0 bridgehead atoms. The van der Waals surface area contributed by atoms with Gasteiger partial charge in [-0.2, -0.15) is 0 Å². The maximum Gasteiger partial charge on any atom is 0.271 e. The van der Waals surface area contributed by atoms with Crippen molar-refractivity contribution in [2.24, 2.45) is 0 Å². The Labute approximate surface area is 173 Å². The van der Waals surface area contributed by atoms with Crippen molar-refractivity contribution in [1.82, 2.24) is 9.97 Å². The van der Waals surface area contributed by atoms with Gasteiger partial charge in [-0.15, -0.1) is 0 Å². The summed E-state index contributed by atoms with van der Waals surface area (Å²) in [5.74, 6) is -1.12. The van der Waals surface area contributed by atoms with E-state index in [-0.39, 0.29) is 33.9 Å². The van der Waals surface area contributed by atoms with Crippen LogP contribution in [0.1, 0.15) is 20.7 Å². The number of aromatic nitrogens is 2. The van der Waals surface area contributed by atoms with E-state index in [0.717, 1.165) is 11.0 Å². The van der Waals surface area contributed by atoms with E-state index in [4.69, 9.17) is 0 Å². The maximum absolute atomic E-state index is 13.0. The number of fused-ring (bicyclic) bond motifs is 2. The number of hydrogen-bond donors (Lipinski definition) is 1. The van der Waals surface area contributed by atoms with E-state index in [2.05, 4.69) is 9.97 Å². The van der Waals surface area contributed by atoms with Crippen molar-refractivity contribution < 1.29 is 14.5 Å². The molecule has 4 aromatic rings. The maximum atomic E-state index is 13.0. The number of benzene rings is 3. The minimum Gasteiger partial charge on any atom is -0.306 e. The van der Waals surface area contributed by atoms with Gasteiger partial charge in [-0.25, -0.2) is 9.88 Å². The average molecular weight is 412 g/mol. The number of amides is 2. The van der Waals surface area contributed by atoms with Crippen LogP contribution >= 0.6 is 0 Å². The lowest BCUT2D eigenvalue weighted by Crippen LogP contribution is -2.30. The number of non-ortho nitro benzene ring substituents is 1. The summed E-state index contributed by atoms with van der Waals surface area (Å²) in [5.41, 5.74) is 0.273. The minimum atomic E-state index is -0.623. The zero-order chi connectivity index (χ0) is 21.7. The van der Waals surface area contributed by atoms with Gasteiger partial charge in [0.05, 0.1) is 32.6 Å². The molecule has 0 saturated heterocycles. The van der Waals surface area contributed by atoms with Gasteiger partial charge < -0.3 is 4.98 Å². The number of nitrogens with one attached hydrogen (secondary N) is 1. The van der Waals surface area contributed by atoms with Crippen LogP contribution in [0.15, 0.2) is 71.5 Å². The number of H-pyrrole nitrogens is 1. The predicted molar refractivity (Wildman–Crippen MR) is 112 cm³/mol. The number of aromatic amines is 1. The van der Waals surface area contributed by atoms with Crippen LogP contribution in [0.3, 0.4) is 0 Å². The third-order valence-corrected chi connectivity index (χ3v) is 5.10. The quantitative estimate of drug-likeness (QED) is 0.313. The molecule has 0 aliphatic carbocycles. The van der Waals surface area contributed by atoms with Crippen molar-refractivity contribution in [2.75, 3.05) is 4.90 Å². The largest absolute Gasteiger partial charge is 0.306 e. The topological polar surface area (TPSA) is 126 Å². The lowest BCUT2D eigenvalue weighted by atomic mass is 10.1. The first-order valence-electron chi connectivity index (χ1n) is 9.21. The highest BCUT2D eigenvalue weighted by Crippen LogP contribution is 2.37. The molecule has 1 aliphatic rings. The van der Waals surface area contributed by atoms with Crippen LogP contribution < -0.4 is 10.5 Å². The van der Waals surface area contributed by atoms with Gasteiger partial charge in [0, 0.05) is 17.7 Å². The van der Waals surface area contributed by atoms with E-state index in [1.807, 2.05) is 0 Å². The lowest BCUT2D eigenvalue weighted by molar-refractivity contribution is -0.384. The van der Waals surface area contributed by atoms with Crippen LogP contribution in [-0.2, 0) is 0 Å². The summed E-state index contributed by atoms with van der Waals surface area (Å²) in [5, 5.41) is 11.7. The van der Waals surface area contributed by atoms with E-state index >= 15 is 0 Å². The Morgan fingerprint density at radius 2 is 1.48 bits per heavy atom. The number of para-hydroxylation sites is 1. The molecule has 2 amide bonds. The smallest absolute Gasteiger partial charge is 0.271 e. The molecule has 1 aliphatic heterocycles. The fourth-order valence-corrected chi connectivity index (χ4v) is 3.64. The normalized spacial score (nSPS) is 13.0.